The van der Waals surface area contributed by atoms with Crippen molar-refractivity contribution in [1.29, 1.82) is 0 Å². The highest BCUT2D eigenvalue weighted by Gasteiger charge is 2.57. The minimum atomic E-state index is -3.76. The second kappa shape index (κ2) is 8.31. The summed E-state index contributed by atoms with van der Waals surface area (Å²) in [5, 5.41) is 29.7. The van der Waals surface area contributed by atoms with Crippen LogP contribution < -0.4 is 4.74 Å². The van der Waals surface area contributed by atoms with Gasteiger partial charge in [-0.05, 0) is 41.3 Å². The zero-order chi connectivity index (χ0) is 20.5. The fourth-order valence-corrected chi connectivity index (χ4v) is 3.43. The standard InChI is InChI=1S/C20H21ClF2O5/c1-27-14-5-2-11(3-6-14)8-13-9-12(4-7-15(13)21)18-17(25)19(26)20(22,23)16(10-24)28-18/h2-7,9,16-19,24-26H,8,10H2,1H3/t16-,17-,18+,19+/m0/s1. The molecule has 3 N–H and O–H groups in total. The normalized spacial score (nSPS) is 26.8. The maximum Gasteiger partial charge on any atom is 0.303 e. The Labute approximate surface area is 166 Å². The summed E-state index contributed by atoms with van der Waals surface area (Å²) in [6, 6.07) is 12.1. The molecule has 2 aromatic carbocycles. The SMILES string of the molecule is COc1ccc(Cc2cc([C@H]3O[C@@H](CO)C(F)(F)[C@H](O)[C@H]3O)ccc2Cl)cc1. The molecular weight excluding hydrogens is 394 g/mol. The van der Waals surface area contributed by atoms with Crippen molar-refractivity contribution in [3.63, 3.8) is 0 Å². The molecule has 0 aliphatic carbocycles. The van der Waals surface area contributed by atoms with E-state index in [0.29, 0.717) is 28.3 Å². The Morgan fingerprint density at radius 3 is 2.43 bits per heavy atom. The number of alkyl halides is 2. The number of halogens is 3. The van der Waals surface area contributed by atoms with Crippen molar-refractivity contribution in [1.82, 2.24) is 0 Å². The van der Waals surface area contributed by atoms with Crippen LogP contribution in [-0.2, 0) is 11.2 Å². The lowest BCUT2D eigenvalue weighted by atomic mass is 9.89. The van der Waals surface area contributed by atoms with Crippen molar-refractivity contribution in [2.75, 3.05) is 13.7 Å². The predicted octanol–water partition coefficient (Wildman–Crippen LogP) is 2.73. The number of rotatable bonds is 5. The molecule has 3 rings (SSSR count). The molecule has 5 nitrogen and oxygen atoms in total. The van der Waals surface area contributed by atoms with Crippen molar-refractivity contribution < 1.29 is 33.6 Å². The van der Waals surface area contributed by atoms with Crippen LogP contribution >= 0.6 is 11.6 Å². The van der Waals surface area contributed by atoms with Gasteiger partial charge in [0.25, 0.3) is 0 Å². The highest BCUT2D eigenvalue weighted by Crippen LogP contribution is 2.41. The fraction of sp³-hybridized carbons (Fsp3) is 0.400. The maximum absolute atomic E-state index is 14.0. The maximum atomic E-state index is 14.0. The zero-order valence-corrected chi connectivity index (χ0v) is 15.8. The summed E-state index contributed by atoms with van der Waals surface area (Å²) in [7, 11) is 1.57. The number of aliphatic hydroxyl groups is 3. The van der Waals surface area contributed by atoms with E-state index in [2.05, 4.69) is 0 Å². The molecule has 1 aliphatic heterocycles. The molecule has 2 aromatic rings. The molecule has 28 heavy (non-hydrogen) atoms. The summed E-state index contributed by atoms with van der Waals surface area (Å²) in [4.78, 5) is 0. The van der Waals surface area contributed by atoms with Crippen molar-refractivity contribution in [3.8, 4) is 5.75 Å². The Morgan fingerprint density at radius 1 is 1.14 bits per heavy atom. The molecule has 0 spiro atoms. The molecule has 1 fully saturated rings. The molecule has 0 bridgehead atoms. The zero-order valence-electron chi connectivity index (χ0n) is 15.1. The van der Waals surface area contributed by atoms with Crippen molar-refractivity contribution >= 4 is 11.6 Å². The van der Waals surface area contributed by atoms with Gasteiger partial charge in [0.1, 0.15) is 30.2 Å². The van der Waals surface area contributed by atoms with Crippen LogP contribution in [0.25, 0.3) is 0 Å². The monoisotopic (exact) mass is 414 g/mol. The smallest absolute Gasteiger partial charge is 0.303 e. The van der Waals surface area contributed by atoms with Crippen molar-refractivity contribution in [3.05, 3.63) is 64.2 Å². The Morgan fingerprint density at radius 2 is 1.82 bits per heavy atom. The highest BCUT2D eigenvalue weighted by atomic mass is 35.5. The van der Waals surface area contributed by atoms with Gasteiger partial charge in [0.05, 0.1) is 13.7 Å². The third-order valence-corrected chi connectivity index (χ3v) is 5.25. The van der Waals surface area contributed by atoms with Gasteiger partial charge in [-0.3, -0.25) is 0 Å². The van der Waals surface area contributed by atoms with Gasteiger partial charge < -0.3 is 24.8 Å². The summed E-state index contributed by atoms with van der Waals surface area (Å²) in [6.45, 7) is -0.987. The first-order chi connectivity index (χ1) is 13.3. The van der Waals surface area contributed by atoms with Crippen LogP contribution in [0.5, 0.6) is 5.75 Å². The van der Waals surface area contributed by atoms with E-state index in [-0.39, 0.29) is 0 Å². The topological polar surface area (TPSA) is 79.2 Å². The first-order valence-corrected chi connectivity index (χ1v) is 9.07. The molecule has 1 saturated heterocycles. The van der Waals surface area contributed by atoms with E-state index < -0.39 is 36.9 Å². The van der Waals surface area contributed by atoms with E-state index >= 15 is 0 Å². The fourth-order valence-electron chi connectivity index (χ4n) is 3.24. The Hall–Kier alpha value is -1.77. The molecule has 0 amide bonds. The van der Waals surface area contributed by atoms with Gasteiger partial charge in [-0.1, -0.05) is 35.9 Å². The van der Waals surface area contributed by atoms with Crippen LogP contribution in [0.1, 0.15) is 22.8 Å². The van der Waals surface area contributed by atoms with Gasteiger partial charge in [0, 0.05) is 5.02 Å². The minimum Gasteiger partial charge on any atom is -0.497 e. The lowest BCUT2D eigenvalue weighted by Gasteiger charge is -2.42. The highest BCUT2D eigenvalue weighted by molar-refractivity contribution is 6.31. The molecule has 1 aliphatic rings. The molecule has 1 heterocycles. The van der Waals surface area contributed by atoms with Crippen LogP contribution in [0.3, 0.4) is 0 Å². The molecule has 152 valence electrons. The van der Waals surface area contributed by atoms with E-state index in [1.807, 2.05) is 24.3 Å². The average Bonchev–Trinajstić information content (AvgIpc) is 2.69. The van der Waals surface area contributed by atoms with E-state index in [4.69, 9.17) is 21.1 Å². The van der Waals surface area contributed by atoms with Crippen LogP contribution in [0.15, 0.2) is 42.5 Å². The number of hydrogen-bond donors (Lipinski definition) is 3. The molecule has 8 heteroatoms. The van der Waals surface area contributed by atoms with E-state index in [1.54, 1.807) is 25.3 Å². The summed E-state index contributed by atoms with van der Waals surface area (Å²) in [5.41, 5.74) is 2.03. The van der Waals surface area contributed by atoms with Crippen LogP contribution in [0, 0.1) is 0 Å². The summed E-state index contributed by atoms with van der Waals surface area (Å²) < 4.78 is 38.3. The van der Waals surface area contributed by atoms with E-state index in [1.165, 1.54) is 0 Å². The summed E-state index contributed by atoms with van der Waals surface area (Å²) >= 11 is 6.27. The second-order valence-corrected chi connectivity index (χ2v) is 7.12. The first kappa shape index (κ1) is 21.0. The Kier molecular flexibility index (Phi) is 6.21. The van der Waals surface area contributed by atoms with Crippen molar-refractivity contribution in [2.45, 2.75) is 36.8 Å². The number of aliphatic hydroxyl groups excluding tert-OH is 3. The van der Waals surface area contributed by atoms with Crippen molar-refractivity contribution in [2.24, 2.45) is 0 Å². The van der Waals surface area contributed by atoms with E-state index in [9.17, 15) is 24.1 Å². The number of hydrogen-bond acceptors (Lipinski definition) is 5. The quantitative estimate of drug-likeness (QED) is 0.701. The van der Waals surface area contributed by atoms with Crippen LogP contribution in [-0.4, -0.2) is 53.3 Å². The Bertz CT molecular complexity index is 811. The molecular formula is C20H21ClF2O5. The molecule has 4 atom stereocenters. The van der Waals surface area contributed by atoms with Gasteiger partial charge in [0.15, 0.2) is 0 Å². The first-order valence-electron chi connectivity index (χ1n) is 8.69. The third-order valence-electron chi connectivity index (χ3n) is 4.89. The largest absolute Gasteiger partial charge is 0.497 e. The molecule has 0 radical (unpaired) electrons. The van der Waals surface area contributed by atoms with Gasteiger partial charge in [-0.15, -0.1) is 0 Å². The van der Waals surface area contributed by atoms with Crippen LogP contribution in [0.2, 0.25) is 5.02 Å². The predicted molar refractivity (Wildman–Crippen MR) is 98.9 cm³/mol. The van der Waals surface area contributed by atoms with Crippen LogP contribution in [0.4, 0.5) is 8.78 Å². The molecule has 0 unspecified atom stereocenters. The summed E-state index contributed by atoms with van der Waals surface area (Å²) in [5.74, 6) is -3.05. The van der Waals surface area contributed by atoms with Gasteiger partial charge in [-0.2, -0.15) is 0 Å². The molecule has 0 aromatic heterocycles. The lowest BCUT2D eigenvalue weighted by molar-refractivity contribution is -0.296. The number of ether oxygens (including phenoxy) is 2. The summed E-state index contributed by atoms with van der Waals surface area (Å²) in [6.07, 6.45) is -6.89. The number of benzene rings is 2. The van der Waals surface area contributed by atoms with Gasteiger partial charge in [-0.25, -0.2) is 8.78 Å². The third kappa shape index (κ3) is 3.99. The molecule has 0 saturated carbocycles. The second-order valence-electron chi connectivity index (χ2n) is 6.71. The van der Waals surface area contributed by atoms with Gasteiger partial charge in [0.2, 0.25) is 0 Å². The van der Waals surface area contributed by atoms with Gasteiger partial charge >= 0.3 is 5.92 Å². The van der Waals surface area contributed by atoms with E-state index in [0.717, 1.165) is 5.56 Å². The number of methoxy groups -OCH3 is 1. The minimum absolute atomic E-state index is 0.383. The average molecular weight is 415 g/mol. The lowest BCUT2D eigenvalue weighted by Crippen LogP contribution is -2.59. The Balaban J connectivity index is 1.87.